The molecule has 0 radical (unpaired) electrons. The van der Waals surface area contributed by atoms with Gasteiger partial charge in [-0.25, -0.2) is 0 Å². The van der Waals surface area contributed by atoms with Crippen molar-refractivity contribution in [2.75, 3.05) is 0 Å². The molecule has 1 nitrogen and oxygen atoms in total. The van der Waals surface area contributed by atoms with Crippen LogP contribution in [0.15, 0.2) is 182 Å². The molecule has 48 heavy (non-hydrogen) atoms. The smallest absolute Gasteiger partial charge is 0.0553 e. The fraction of sp³-hybridized carbons (Fsp3) is 0. The largest absolute Gasteiger partial charge is 0.309 e. The van der Waals surface area contributed by atoms with Crippen LogP contribution in [0.5, 0.6) is 0 Å². The average Bonchev–Trinajstić information content (AvgIpc) is 3.48. The van der Waals surface area contributed by atoms with Crippen LogP contribution in [0.2, 0.25) is 0 Å². The minimum atomic E-state index is 1.13. The molecular formula is C44H26BrNS2. The summed E-state index contributed by atoms with van der Waals surface area (Å²) in [7, 11) is 0. The van der Waals surface area contributed by atoms with Gasteiger partial charge in [-0.05, 0) is 98.4 Å². The summed E-state index contributed by atoms with van der Waals surface area (Å²) in [6.45, 7) is 0. The predicted molar refractivity (Wildman–Crippen MR) is 209 cm³/mol. The molecular weight excluding hydrogens is 687 g/mol. The molecule has 10 rings (SSSR count). The van der Waals surface area contributed by atoms with E-state index in [1.54, 1.807) is 0 Å². The topological polar surface area (TPSA) is 4.93 Å². The number of hydrogen-bond acceptors (Lipinski definition) is 2. The van der Waals surface area contributed by atoms with E-state index in [0.29, 0.717) is 0 Å². The molecule has 0 atom stereocenters. The lowest BCUT2D eigenvalue weighted by molar-refractivity contribution is 1.16. The van der Waals surface area contributed by atoms with Gasteiger partial charge in [0.2, 0.25) is 0 Å². The SMILES string of the molecule is Brc1ccc(-c2ccc3c(c2)Sc2ccc(-c4cc5c(c6ccccc46)c4ccccc4n5-c4ccccc4)cc2S3)c2ccccc12. The van der Waals surface area contributed by atoms with Crippen molar-refractivity contribution in [3.05, 3.63) is 162 Å². The van der Waals surface area contributed by atoms with Crippen LogP contribution in [0.4, 0.5) is 0 Å². The van der Waals surface area contributed by atoms with Crippen molar-refractivity contribution in [1.29, 1.82) is 0 Å². The Balaban J connectivity index is 1.10. The van der Waals surface area contributed by atoms with Gasteiger partial charge in [0.1, 0.15) is 0 Å². The molecule has 0 fully saturated rings. The summed E-state index contributed by atoms with van der Waals surface area (Å²) >= 11 is 7.50. The summed E-state index contributed by atoms with van der Waals surface area (Å²) in [5, 5.41) is 7.65. The number of aromatic nitrogens is 1. The van der Waals surface area contributed by atoms with Crippen molar-refractivity contribution in [1.82, 2.24) is 4.57 Å². The highest BCUT2D eigenvalue weighted by molar-refractivity contribution is 9.10. The first-order valence-corrected chi connectivity index (χ1v) is 18.5. The summed E-state index contributed by atoms with van der Waals surface area (Å²) in [5.41, 5.74) is 8.65. The number of para-hydroxylation sites is 2. The van der Waals surface area contributed by atoms with E-state index in [2.05, 4.69) is 178 Å². The molecule has 0 N–H and O–H groups in total. The first-order valence-electron chi connectivity index (χ1n) is 16.0. The minimum absolute atomic E-state index is 1.13. The van der Waals surface area contributed by atoms with Gasteiger partial charge in [0.25, 0.3) is 0 Å². The average molecular weight is 713 g/mol. The quantitative estimate of drug-likeness (QED) is 0.180. The van der Waals surface area contributed by atoms with Gasteiger partial charge in [-0.15, -0.1) is 0 Å². The zero-order chi connectivity index (χ0) is 31.8. The Bertz CT molecular complexity index is 2750. The molecule has 0 amide bonds. The molecule has 0 unspecified atom stereocenters. The standard InChI is InChI=1S/C44H26BrNS2/c45-37-21-20-30(31-12-4-6-14-33(31)37)27-18-22-40-42(24-27)47-41-23-19-28(25-43(41)48-40)36-26-39-44(34-15-7-5-13-32(34)36)35-16-8-9-17-38(35)46(39)29-10-2-1-3-11-29/h1-26H. The van der Waals surface area contributed by atoms with Crippen molar-refractivity contribution in [2.45, 2.75) is 19.6 Å². The van der Waals surface area contributed by atoms with Crippen molar-refractivity contribution in [3.8, 4) is 27.9 Å². The monoisotopic (exact) mass is 711 g/mol. The molecule has 226 valence electrons. The van der Waals surface area contributed by atoms with Crippen LogP contribution < -0.4 is 0 Å². The summed E-state index contributed by atoms with van der Waals surface area (Å²) < 4.78 is 3.55. The van der Waals surface area contributed by atoms with Crippen LogP contribution in [-0.4, -0.2) is 4.57 Å². The molecule has 0 bridgehead atoms. The van der Waals surface area contributed by atoms with E-state index in [1.807, 2.05) is 23.5 Å². The van der Waals surface area contributed by atoms with Gasteiger partial charge in [0.05, 0.1) is 11.0 Å². The molecule has 1 aliphatic rings. The second-order valence-corrected chi connectivity index (χ2v) is 15.2. The molecule has 1 aromatic heterocycles. The summed E-state index contributed by atoms with van der Waals surface area (Å²) in [5.74, 6) is 0. The van der Waals surface area contributed by atoms with Crippen molar-refractivity contribution in [3.63, 3.8) is 0 Å². The van der Waals surface area contributed by atoms with E-state index in [1.165, 1.54) is 90.9 Å². The van der Waals surface area contributed by atoms with Crippen molar-refractivity contribution < 1.29 is 0 Å². The Kier molecular flexibility index (Phi) is 6.58. The molecule has 0 saturated carbocycles. The number of nitrogens with zero attached hydrogens (tertiary/aromatic N) is 1. The van der Waals surface area contributed by atoms with Gasteiger partial charge in [0, 0.05) is 40.5 Å². The lowest BCUT2D eigenvalue weighted by Crippen LogP contribution is -1.94. The van der Waals surface area contributed by atoms with Crippen LogP contribution in [0.25, 0.3) is 71.3 Å². The van der Waals surface area contributed by atoms with E-state index in [-0.39, 0.29) is 0 Å². The maximum atomic E-state index is 3.74. The molecule has 9 aromatic rings. The number of benzene rings is 8. The highest BCUT2D eigenvalue weighted by atomic mass is 79.9. The summed E-state index contributed by atoms with van der Waals surface area (Å²) in [6, 6.07) is 57.8. The third-order valence-electron chi connectivity index (χ3n) is 9.51. The van der Waals surface area contributed by atoms with Crippen molar-refractivity contribution in [2.24, 2.45) is 0 Å². The van der Waals surface area contributed by atoms with E-state index in [4.69, 9.17) is 0 Å². The minimum Gasteiger partial charge on any atom is -0.309 e. The second-order valence-electron chi connectivity index (χ2n) is 12.2. The van der Waals surface area contributed by atoms with E-state index < -0.39 is 0 Å². The van der Waals surface area contributed by atoms with Gasteiger partial charge in [-0.2, -0.15) is 0 Å². The fourth-order valence-electron chi connectivity index (χ4n) is 7.35. The lowest BCUT2D eigenvalue weighted by Gasteiger charge is -2.21. The predicted octanol–water partition coefficient (Wildman–Crippen LogP) is 13.8. The maximum absolute atomic E-state index is 3.74. The Labute approximate surface area is 295 Å². The van der Waals surface area contributed by atoms with Crippen LogP contribution in [0.1, 0.15) is 0 Å². The Hall–Kier alpha value is -4.74. The first-order chi connectivity index (χ1) is 23.7. The van der Waals surface area contributed by atoms with Gasteiger partial charge in [-0.3, -0.25) is 0 Å². The molecule has 8 aromatic carbocycles. The zero-order valence-electron chi connectivity index (χ0n) is 25.7. The Morgan fingerprint density at radius 2 is 0.958 bits per heavy atom. The van der Waals surface area contributed by atoms with Crippen LogP contribution in [0.3, 0.4) is 0 Å². The van der Waals surface area contributed by atoms with Gasteiger partial charge in [-0.1, -0.05) is 143 Å². The van der Waals surface area contributed by atoms with E-state index >= 15 is 0 Å². The lowest BCUT2D eigenvalue weighted by atomic mass is 9.95. The number of rotatable bonds is 3. The molecule has 0 saturated heterocycles. The molecule has 0 spiro atoms. The van der Waals surface area contributed by atoms with Crippen LogP contribution >= 0.6 is 39.5 Å². The van der Waals surface area contributed by atoms with Crippen LogP contribution in [-0.2, 0) is 0 Å². The highest BCUT2D eigenvalue weighted by Gasteiger charge is 2.21. The molecule has 2 heterocycles. The Morgan fingerprint density at radius 1 is 0.396 bits per heavy atom. The summed E-state index contributed by atoms with van der Waals surface area (Å²) in [6.07, 6.45) is 0. The van der Waals surface area contributed by atoms with Gasteiger partial charge >= 0.3 is 0 Å². The summed E-state index contributed by atoms with van der Waals surface area (Å²) in [4.78, 5) is 5.22. The van der Waals surface area contributed by atoms with Gasteiger partial charge in [0.15, 0.2) is 0 Å². The maximum Gasteiger partial charge on any atom is 0.0553 e. The van der Waals surface area contributed by atoms with E-state index in [9.17, 15) is 0 Å². The van der Waals surface area contributed by atoms with E-state index in [0.717, 1.165) is 4.47 Å². The van der Waals surface area contributed by atoms with Crippen molar-refractivity contribution >= 4 is 82.8 Å². The number of halogens is 1. The highest BCUT2D eigenvalue weighted by Crippen LogP contribution is 2.51. The molecule has 1 aliphatic heterocycles. The first kappa shape index (κ1) is 28.3. The number of hydrogen-bond donors (Lipinski definition) is 0. The third kappa shape index (κ3) is 4.40. The Morgan fingerprint density at radius 3 is 1.67 bits per heavy atom. The molecule has 4 heteroatoms. The fourth-order valence-corrected chi connectivity index (χ4v) is 10.1. The second kappa shape index (κ2) is 11.2. The van der Waals surface area contributed by atoms with Gasteiger partial charge < -0.3 is 4.57 Å². The van der Waals surface area contributed by atoms with Crippen LogP contribution in [0, 0.1) is 0 Å². The molecule has 0 aliphatic carbocycles. The third-order valence-corrected chi connectivity index (χ3v) is 12.7. The zero-order valence-corrected chi connectivity index (χ0v) is 28.9. The normalized spacial score (nSPS) is 12.5. The number of fused-ring (bicyclic) bond motifs is 8.